The number of nitrogens with zero attached hydrogens (tertiary/aromatic N) is 3. The number of carboxylic acids is 1. The monoisotopic (exact) mass is 278 g/mol. The van der Waals surface area contributed by atoms with E-state index in [-0.39, 0.29) is 17.1 Å². The van der Waals surface area contributed by atoms with E-state index in [0.29, 0.717) is 12.8 Å². The van der Waals surface area contributed by atoms with Crippen LogP contribution in [0.3, 0.4) is 0 Å². The van der Waals surface area contributed by atoms with E-state index < -0.39 is 16.4 Å². The van der Waals surface area contributed by atoms with Crippen LogP contribution in [0.5, 0.6) is 0 Å². The van der Waals surface area contributed by atoms with Gasteiger partial charge in [-0.25, -0.2) is 9.78 Å². The molecule has 106 valence electrons. The predicted molar refractivity (Wildman–Crippen MR) is 70.2 cm³/mol. The molecule has 0 bridgehead atoms. The third-order valence-corrected chi connectivity index (χ3v) is 2.82. The Morgan fingerprint density at radius 1 is 1.70 bits per heavy atom. The van der Waals surface area contributed by atoms with E-state index in [9.17, 15) is 20.0 Å². The van der Waals surface area contributed by atoms with E-state index in [1.807, 2.05) is 6.92 Å². The number of hydrogen-bond donors (Lipinski definition) is 2. The molecule has 1 aromatic rings. The number of nitro groups is 1. The summed E-state index contributed by atoms with van der Waals surface area (Å²) in [5.41, 5.74) is -1.67. The van der Waals surface area contributed by atoms with Crippen LogP contribution in [0.1, 0.15) is 32.3 Å². The summed E-state index contributed by atoms with van der Waals surface area (Å²) >= 11 is 0. The first-order chi connectivity index (χ1) is 9.34. The average molecular weight is 278 g/mol. The van der Waals surface area contributed by atoms with Gasteiger partial charge in [0.05, 0.1) is 4.92 Å². The number of aliphatic carboxylic acids is 1. The first-order valence-corrected chi connectivity index (χ1v) is 5.90. The molecular weight excluding hydrogens is 264 g/mol. The normalized spacial score (nSPS) is 13.1. The minimum absolute atomic E-state index is 0.0245. The summed E-state index contributed by atoms with van der Waals surface area (Å²) in [6.07, 6.45) is 1.92. The molecule has 0 aliphatic rings. The molecule has 0 aliphatic carbocycles. The van der Waals surface area contributed by atoms with Crippen LogP contribution in [0.15, 0.2) is 12.3 Å². The number of rotatable bonds is 6. The van der Waals surface area contributed by atoms with E-state index >= 15 is 0 Å². The van der Waals surface area contributed by atoms with Crippen LogP contribution in [0.2, 0.25) is 0 Å². The van der Waals surface area contributed by atoms with E-state index in [1.54, 1.807) is 6.07 Å². The minimum atomic E-state index is -1.29. The highest BCUT2D eigenvalue weighted by Crippen LogP contribution is 2.24. The Bertz CT molecular complexity index is 581. The molecule has 1 heterocycles. The molecule has 0 saturated heterocycles. The summed E-state index contributed by atoms with van der Waals surface area (Å²) in [5, 5.41) is 31.5. The summed E-state index contributed by atoms with van der Waals surface area (Å²) in [5.74, 6) is -1.06. The number of nitrogens with one attached hydrogen (secondary N) is 1. The molecule has 20 heavy (non-hydrogen) atoms. The Kier molecular flexibility index (Phi) is 4.59. The smallest absolute Gasteiger partial charge is 0.329 e. The Morgan fingerprint density at radius 2 is 2.35 bits per heavy atom. The second kappa shape index (κ2) is 5.97. The molecule has 0 fully saturated rings. The zero-order valence-electron chi connectivity index (χ0n) is 11.1. The van der Waals surface area contributed by atoms with Crippen LogP contribution < -0.4 is 5.32 Å². The Labute approximate surface area is 115 Å². The first kappa shape index (κ1) is 15.4. The third-order valence-electron chi connectivity index (χ3n) is 2.82. The second-order valence-electron chi connectivity index (χ2n) is 4.47. The molecule has 1 aromatic heterocycles. The molecule has 0 spiro atoms. The van der Waals surface area contributed by atoms with Gasteiger partial charge in [-0.15, -0.1) is 0 Å². The van der Waals surface area contributed by atoms with E-state index in [4.69, 9.17) is 5.26 Å². The zero-order valence-corrected chi connectivity index (χ0v) is 11.1. The minimum Gasteiger partial charge on any atom is -0.480 e. The van der Waals surface area contributed by atoms with Gasteiger partial charge in [-0.2, -0.15) is 5.26 Å². The van der Waals surface area contributed by atoms with Crippen LogP contribution in [-0.4, -0.2) is 26.5 Å². The maximum atomic E-state index is 11.3. The van der Waals surface area contributed by atoms with Gasteiger partial charge in [-0.3, -0.25) is 10.1 Å². The quantitative estimate of drug-likeness (QED) is 0.600. The predicted octanol–water partition coefficient (Wildman–Crippen LogP) is 1.92. The average Bonchev–Trinajstić information content (AvgIpc) is 2.38. The van der Waals surface area contributed by atoms with Gasteiger partial charge < -0.3 is 10.4 Å². The van der Waals surface area contributed by atoms with Crippen molar-refractivity contribution in [3.8, 4) is 6.07 Å². The van der Waals surface area contributed by atoms with Crippen molar-refractivity contribution in [1.82, 2.24) is 4.98 Å². The lowest BCUT2D eigenvalue weighted by atomic mass is 9.96. The number of hydrogen-bond acceptors (Lipinski definition) is 6. The number of pyridine rings is 1. The number of nitriles is 1. The van der Waals surface area contributed by atoms with Crippen molar-refractivity contribution in [2.24, 2.45) is 0 Å². The fraction of sp³-hybridized carbons (Fsp3) is 0.417. The molecule has 1 unspecified atom stereocenters. The van der Waals surface area contributed by atoms with Crippen LogP contribution in [0.4, 0.5) is 11.5 Å². The zero-order chi connectivity index (χ0) is 15.3. The van der Waals surface area contributed by atoms with Crippen molar-refractivity contribution < 1.29 is 14.8 Å². The highest BCUT2D eigenvalue weighted by atomic mass is 16.6. The molecule has 1 rings (SSSR count). The highest BCUT2D eigenvalue weighted by molar-refractivity contribution is 5.82. The molecule has 2 N–H and O–H groups in total. The Balaban J connectivity index is 3.17. The van der Waals surface area contributed by atoms with Crippen LogP contribution in [0, 0.1) is 21.4 Å². The summed E-state index contributed by atoms with van der Waals surface area (Å²) in [7, 11) is 0. The maximum Gasteiger partial charge on any atom is 0.329 e. The van der Waals surface area contributed by atoms with Crippen LogP contribution in [-0.2, 0) is 4.79 Å². The molecule has 8 heteroatoms. The third kappa shape index (κ3) is 3.20. The maximum absolute atomic E-state index is 11.3. The van der Waals surface area contributed by atoms with Gasteiger partial charge in [-0.05, 0) is 13.3 Å². The first-order valence-electron chi connectivity index (χ1n) is 5.90. The molecular formula is C12H14N4O4. The Morgan fingerprint density at radius 3 is 2.80 bits per heavy atom. The highest BCUT2D eigenvalue weighted by Gasteiger charge is 2.33. The van der Waals surface area contributed by atoms with Gasteiger partial charge in [0, 0.05) is 6.07 Å². The SMILES string of the molecule is CCCC(C)(Nc1ncc([N+](=O)[O-])cc1C#N)C(=O)O. The summed E-state index contributed by atoms with van der Waals surface area (Å²) in [4.78, 5) is 25.0. The standard InChI is InChI=1S/C12H14N4O4/c1-3-4-12(2,11(17)18)15-10-8(6-13)5-9(7-14-10)16(19)20/h5,7H,3-4H2,1-2H3,(H,14,15)(H,17,18). The van der Waals surface area contributed by atoms with Gasteiger partial charge in [0.2, 0.25) is 0 Å². The second-order valence-corrected chi connectivity index (χ2v) is 4.47. The molecule has 0 saturated carbocycles. The largest absolute Gasteiger partial charge is 0.480 e. The van der Waals surface area contributed by atoms with Crippen molar-refractivity contribution in [3.05, 3.63) is 27.9 Å². The molecule has 8 nitrogen and oxygen atoms in total. The topological polar surface area (TPSA) is 129 Å². The van der Waals surface area contributed by atoms with E-state index in [0.717, 1.165) is 12.3 Å². The van der Waals surface area contributed by atoms with Gasteiger partial charge in [0.15, 0.2) is 0 Å². The lowest BCUT2D eigenvalue weighted by molar-refractivity contribution is -0.385. The summed E-state index contributed by atoms with van der Waals surface area (Å²) in [6, 6.07) is 2.83. The lowest BCUT2D eigenvalue weighted by Crippen LogP contribution is -2.43. The van der Waals surface area contributed by atoms with Gasteiger partial charge in [-0.1, -0.05) is 13.3 Å². The van der Waals surface area contributed by atoms with Gasteiger partial charge in [0.25, 0.3) is 5.69 Å². The summed E-state index contributed by atoms with van der Waals surface area (Å²) < 4.78 is 0. The molecule has 0 aromatic carbocycles. The number of aromatic nitrogens is 1. The van der Waals surface area contributed by atoms with Crippen LogP contribution in [0.25, 0.3) is 0 Å². The van der Waals surface area contributed by atoms with Crippen molar-refractivity contribution >= 4 is 17.5 Å². The van der Waals surface area contributed by atoms with E-state index in [1.165, 1.54) is 6.92 Å². The summed E-state index contributed by atoms with van der Waals surface area (Å²) in [6.45, 7) is 3.31. The van der Waals surface area contributed by atoms with Crippen molar-refractivity contribution in [1.29, 1.82) is 5.26 Å². The number of anilines is 1. The molecule has 0 radical (unpaired) electrons. The fourth-order valence-electron chi connectivity index (χ4n) is 1.72. The molecule has 1 atom stereocenters. The van der Waals surface area contributed by atoms with Crippen molar-refractivity contribution in [3.63, 3.8) is 0 Å². The van der Waals surface area contributed by atoms with Crippen molar-refractivity contribution in [2.45, 2.75) is 32.2 Å². The van der Waals surface area contributed by atoms with Crippen LogP contribution >= 0.6 is 0 Å². The molecule has 0 aliphatic heterocycles. The Hall–Kier alpha value is -2.69. The van der Waals surface area contributed by atoms with E-state index in [2.05, 4.69) is 10.3 Å². The number of carbonyl (C=O) groups is 1. The fourth-order valence-corrected chi connectivity index (χ4v) is 1.72. The van der Waals surface area contributed by atoms with Gasteiger partial charge >= 0.3 is 5.97 Å². The van der Waals surface area contributed by atoms with Gasteiger partial charge in [0.1, 0.15) is 29.2 Å². The number of carboxylic acid groups (broad SMARTS) is 1. The van der Waals surface area contributed by atoms with Crippen molar-refractivity contribution in [2.75, 3.05) is 5.32 Å². The molecule has 0 amide bonds. The lowest BCUT2D eigenvalue weighted by Gasteiger charge is -2.26.